The number of carbonyl (C=O) groups is 1. The first-order valence-electron chi connectivity index (χ1n) is 7.93. The Morgan fingerprint density at radius 2 is 2.00 bits per heavy atom. The van der Waals surface area contributed by atoms with Crippen LogP contribution in [0.5, 0.6) is 0 Å². The maximum atomic E-state index is 11.6. The SMILES string of the molecule is CCCNC(=O)CNC(=NC)N(C)CCC1CCOCC1.I. The molecule has 0 aromatic carbocycles. The van der Waals surface area contributed by atoms with Crippen molar-refractivity contribution < 1.29 is 9.53 Å². The Balaban J connectivity index is 0.00000441. The fourth-order valence-corrected chi connectivity index (χ4v) is 2.39. The highest BCUT2D eigenvalue weighted by Crippen LogP contribution is 2.18. The summed E-state index contributed by atoms with van der Waals surface area (Å²) < 4.78 is 5.38. The smallest absolute Gasteiger partial charge is 0.239 e. The van der Waals surface area contributed by atoms with E-state index in [1.807, 2.05) is 14.0 Å². The molecule has 0 aromatic rings. The molecule has 1 fully saturated rings. The molecular weight excluding hydrogens is 395 g/mol. The summed E-state index contributed by atoms with van der Waals surface area (Å²) in [6.45, 7) is 5.75. The summed E-state index contributed by atoms with van der Waals surface area (Å²) in [5.74, 6) is 1.52. The Kier molecular flexibility index (Phi) is 12.6. The Morgan fingerprint density at radius 1 is 1.32 bits per heavy atom. The number of nitrogens with zero attached hydrogens (tertiary/aromatic N) is 2. The molecule has 0 unspecified atom stereocenters. The second-order valence-corrected chi connectivity index (χ2v) is 5.52. The van der Waals surface area contributed by atoms with E-state index in [4.69, 9.17) is 4.74 Å². The summed E-state index contributed by atoms with van der Waals surface area (Å²) in [4.78, 5) is 17.9. The largest absolute Gasteiger partial charge is 0.381 e. The lowest BCUT2D eigenvalue weighted by atomic mass is 9.96. The highest BCUT2D eigenvalue weighted by atomic mass is 127. The van der Waals surface area contributed by atoms with Crippen LogP contribution in [0.15, 0.2) is 4.99 Å². The van der Waals surface area contributed by atoms with Crippen LogP contribution in [0.4, 0.5) is 0 Å². The van der Waals surface area contributed by atoms with Crippen molar-refractivity contribution in [2.75, 3.05) is 46.9 Å². The van der Waals surface area contributed by atoms with Crippen molar-refractivity contribution in [2.24, 2.45) is 10.9 Å². The standard InChI is InChI=1S/C15H30N4O2.HI/c1-4-8-17-14(20)12-18-15(16-2)19(3)9-5-13-6-10-21-11-7-13;/h13H,4-12H2,1-3H3,(H,16,18)(H,17,20);1H. The van der Waals surface area contributed by atoms with Crippen molar-refractivity contribution in [2.45, 2.75) is 32.6 Å². The molecule has 0 spiro atoms. The van der Waals surface area contributed by atoms with E-state index in [0.717, 1.165) is 63.9 Å². The van der Waals surface area contributed by atoms with Gasteiger partial charge in [0.2, 0.25) is 5.91 Å². The van der Waals surface area contributed by atoms with Crippen LogP contribution in [0.1, 0.15) is 32.6 Å². The van der Waals surface area contributed by atoms with Gasteiger partial charge in [-0.25, -0.2) is 0 Å². The van der Waals surface area contributed by atoms with E-state index < -0.39 is 0 Å². The van der Waals surface area contributed by atoms with Gasteiger partial charge in [-0.1, -0.05) is 6.92 Å². The van der Waals surface area contributed by atoms with Gasteiger partial charge in [-0.15, -0.1) is 24.0 Å². The van der Waals surface area contributed by atoms with Gasteiger partial charge in [0, 0.05) is 40.4 Å². The maximum absolute atomic E-state index is 11.6. The topological polar surface area (TPSA) is 66.0 Å². The minimum Gasteiger partial charge on any atom is -0.381 e. The molecule has 1 aliphatic rings. The summed E-state index contributed by atoms with van der Waals surface area (Å²) in [5.41, 5.74) is 0. The quantitative estimate of drug-likeness (QED) is 0.368. The lowest BCUT2D eigenvalue weighted by molar-refractivity contribution is -0.120. The average molecular weight is 426 g/mol. The third-order valence-electron chi connectivity index (χ3n) is 3.77. The normalized spacial score (nSPS) is 15.9. The lowest BCUT2D eigenvalue weighted by Gasteiger charge is -2.26. The molecule has 0 atom stereocenters. The zero-order valence-electron chi connectivity index (χ0n) is 14.1. The highest BCUT2D eigenvalue weighted by Gasteiger charge is 2.15. The van der Waals surface area contributed by atoms with Crippen LogP contribution in [0.3, 0.4) is 0 Å². The number of halogens is 1. The summed E-state index contributed by atoms with van der Waals surface area (Å²) in [5, 5.41) is 5.95. The molecule has 0 aliphatic carbocycles. The molecule has 0 bridgehead atoms. The molecule has 1 heterocycles. The van der Waals surface area contributed by atoms with Crippen LogP contribution < -0.4 is 10.6 Å². The Labute approximate surface area is 151 Å². The Morgan fingerprint density at radius 3 is 2.59 bits per heavy atom. The first-order chi connectivity index (χ1) is 10.2. The van der Waals surface area contributed by atoms with Gasteiger partial charge in [0.25, 0.3) is 0 Å². The van der Waals surface area contributed by atoms with Crippen LogP contribution in [0.25, 0.3) is 0 Å². The van der Waals surface area contributed by atoms with Gasteiger partial charge in [0.15, 0.2) is 5.96 Å². The van der Waals surface area contributed by atoms with Crippen molar-refractivity contribution in [3.63, 3.8) is 0 Å². The van der Waals surface area contributed by atoms with Crippen molar-refractivity contribution in [1.29, 1.82) is 0 Å². The number of rotatable bonds is 7. The van der Waals surface area contributed by atoms with Crippen LogP contribution in [-0.2, 0) is 9.53 Å². The van der Waals surface area contributed by atoms with Crippen LogP contribution in [-0.4, -0.2) is 63.7 Å². The summed E-state index contributed by atoms with van der Waals surface area (Å²) >= 11 is 0. The van der Waals surface area contributed by atoms with Gasteiger partial charge >= 0.3 is 0 Å². The van der Waals surface area contributed by atoms with Gasteiger partial charge in [0.1, 0.15) is 0 Å². The van der Waals surface area contributed by atoms with E-state index in [9.17, 15) is 4.79 Å². The third kappa shape index (κ3) is 8.77. The number of nitrogens with one attached hydrogen (secondary N) is 2. The van der Waals surface area contributed by atoms with Gasteiger partial charge in [-0.3, -0.25) is 9.79 Å². The van der Waals surface area contributed by atoms with E-state index in [-0.39, 0.29) is 36.4 Å². The fourth-order valence-electron chi connectivity index (χ4n) is 2.39. The Bertz CT molecular complexity index is 334. The minimum atomic E-state index is 0. The molecule has 0 radical (unpaired) electrons. The van der Waals surface area contributed by atoms with Crippen LogP contribution in [0.2, 0.25) is 0 Å². The number of ether oxygens (including phenoxy) is 1. The number of amides is 1. The lowest BCUT2D eigenvalue weighted by Crippen LogP contribution is -2.44. The maximum Gasteiger partial charge on any atom is 0.239 e. The molecule has 1 amide bonds. The summed E-state index contributed by atoms with van der Waals surface area (Å²) in [6, 6.07) is 0. The molecule has 0 aromatic heterocycles. The van der Waals surface area contributed by atoms with Crippen molar-refractivity contribution in [3.8, 4) is 0 Å². The van der Waals surface area contributed by atoms with E-state index >= 15 is 0 Å². The predicted molar refractivity (Wildman–Crippen MR) is 101 cm³/mol. The number of hydrogen-bond acceptors (Lipinski definition) is 3. The van der Waals surface area contributed by atoms with Gasteiger partial charge in [-0.2, -0.15) is 0 Å². The van der Waals surface area contributed by atoms with Crippen LogP contribution in [0, 0.1) is 5.92 Å². The highest BCUT2D eigenvalue weighted by molar-refractivity contribution is 14.0. The van der Waals surface area contributed by atoms with Gasteiger partial charge in [0.05, 0.1) is 6.54 Å². The monoisotopic (exact) mass is 426 g/mol. The first-order valence-corrected chi connectivity index (χ1v) is 7.93. The summed E-state index contributed by atoms with van der Waals surface area (Å²) in [6.07, 6.45) is 4.40. The molecule has 22 heavy (non-hydrogen) atoms. The zero-order valence-corrected chi connectivity index (χ0v) is 16.4. The molecule has 0 saturated carbocycles. The van der Waals surface area contributed by atoms with Gasteiger partial charge < -0.3 is 20.3 Å². The fraction of sp³-hybridized carbons (Fsp3) is 0.867. The molecule has 130 valence electrons. The average Bonchev–Trinajstić information content (AvgIpc) is 2.52. The molecule has 1 rings (SSSR count). The first kappa shape index (κ1) is 21.4. The molecule has 2 N–H and O–H groups in total. The minimum absolute atomic E-state index is 0. The Hall–Kier alpha value is -0.570. The van der Waals surface area contributed by atoms with E-state index in [0.29, 0.717) is 0 Å². The summed E-state index contributed by atoms with van der Waals surface area (Å²) in [7, 11) is 3.76. The second kappa shape index (κ2) is 12.9. The van der Waals surface area contributed by atoms with E-state index in [1.165, 1.54) is 0 Å². The molecule has 7 heteroatoms. The zero-order chi connectivity index (χ0) is 15.5. The number of aliphatic imine (C=N–C) groups is 1. The molecule has 1 aliphatic heterocycles. The third-order valence-corrected chi connectivity index (χ3v) is 3.77. The number of carbonyl (C=O) groups excluding carboxylic acids is 1. The van der Waals surface area contributed by atoms with E-state index in [2.05, 4.69) is 20.5 Å². The molecule has 6 nitrogen and oxygen atoms in total. The molecular formula is C15H31IN4O2. The van der Waals surface area contributed by atoms with Crippen molar-refractivity contribution in [3.05, 3.63) is 0 Å². The van der Waals surface area contributed by atoms with Crippen molar-refractivity contribution in [1.82, 2.24) is 15.5 Å². The predicted octanol–water partition coefficient (Wildman–Crippen LogP) is 1.45. The second-order valence-electron chi connectivity index (χ2n) is 5.52. The molecule has 1 saturated heterocycles. The number of hydrogen-bond donors (Lipinski definition) is 2. The van der Waals surface area contributed by atoms with Crippen LogP contribution >= 0.6 is 24.0 Å². The van der Waals surface area contributed by atoms with Crippen molar-refractivity contribution >= 4 is 35.8 Å². The number of guanidine groups is 1. The van der Waals surface area contributed by atoms with Gasteiger partial charge in [-0.05, 0) is 31.6 Å². The van der Waals surface area contributed by atoms with E-state index in [1.54, 1.807) is 7.05 Å².